The van der Waals surface area contributed by atoms with E-state index in [0.29, 0.717) is 5.75 Å². The molecule has 0 N–H and O–H groups in total. The average molecular weight is 274 g/mol. The number of ether oxygens (including phenoxy) is 3. The molecule has 94 valence electrons. The number of carbonyl (C=O) groups is 1. The van der Waals surface area contributed by atoms with E-state index in [-0.39, 0.29) is 11.7 Å². The number of thiol groups is 1. The summed E-state index contributed by atoms with van der Waals surface area (Å²) >= 11 is 5.46. The molecule has 0 amide bonds. The zero-order valence-electron chi connectivity index (χ0n) is 9.58. The minimum Gasteiger partial charge on any atom is -0.497 e. The highest BCUT2D eigenvalue weighted by molar-refractivity contribution is 8.10. The fourth-order valence-electron chi connectivity index (χ4n) is 1.00. The van der Waals surface area contributed by atoms with E-state index in [9.17, 15) is 4.79 Å². The molecule has 0 aromatic heterocycles. The summed E-state index contributed by atoms with van der Waals surface area (Å²) < 4.78 is 14.6. The molecule has 4 nitrogen and oxygen atoms in total. The summed E-state index contributed by atoms with van der Waals surface area (Å²) in [6.07, 6.45) is 0. The lowest BCUT2D eigenvalue weighted by Gasteiger charge is -2.12. The smallest absolute Gasteiger partial charge is 0.315 e. The van der Waals surface area contributed by atoms with Gasteiger partial charge in [-0.3, -0.25) is 4.79 Å². The predicted molar refractivity (Wildman–Crippen MR) is 70.9 cm³/mol. The van der Waals surface area contributed by atoms with Crippen molar-refractivity contribution < 1.29 is 19.0 Å². The summed E-state index contributed by atoms with van der Waals surface area (Å²) in [4.78, 5) is 10.9. The molecule has 0 saturated carbocycles. The van der Waals surface area contributed by atoms with Crippen LogP contribution in [0.3, 0.4) is 0 Å². The van der Waals surface area contributed by atoms with Gasteiger partial charge in [0.1, 0.15) is 11.5 Å². The van der Waals surface area contributed by atoms with Gasteiger partial charge in [0, 0.05) is 0 Å². The van der Waals surface area contributed by atoms with Crippen LogP contribution >= 0.6 is 24.4 Å². The largest absolute Gasteiger partial charge is 0.497 e. The van der Waals surface area contributed by atoms with Gasteiger partial charge in [-0.1, -0.05) is 11.8 Å². The van der Waals surface area contributed by atoms with E-state index >= 15 is 0 Å². The lowest BCUT2D eigenvalue weighted by Crippen LogP contribution is -2.10. The van der Waals surface area contributed by atoms with Crippen LogP contribution < -0.4 is 9.47 Å². The third-order valence-corrected chi connectivity index (χ3v) is 3.20. The van der Waals surface area contributed by atoms with Crippen LogP contribution in [0, 0.1) is 0 Å². The van der Waals surface area contributed by atoms with Crippen LogP contribution in [0.2, 0.25) is 0 Å². The van der Waals surface area contributed by atoms with E-state index in [0.717, 1.165) is 5.75 Å². The SMILES string of the molecule is COC(=O)CSC(S)Oc1ccc(OC)cc1. The number of hydrogen-bond donors (Lipinski definition) is 1. The van der Waals surface area contributed by atoms with Gasteiger partial charge in [-0.15, -0.1) is 12.6 Å². The molecule has 17 heavy (non-hydrogen) atoms. The van der Waals surface area contributed by atoms with Gasteiger partial charge in [0.05, 0.1) is 20.0 Å². The highest BCUT2D eigenvalue weighted by atomic mass is 32.2. The molecule has 0 radical (unpaired) electrons. The molecule has 1 aromatic rings. The quantitative estimate of drug-likeness (QED) is 0.489. The Bertz CT molecular complexity index is 353. The van der Waals surface area contributed by atoms with Crippen LogP contribution in [-0.2, 0) is 9.53 Å². The zero-order chi connectivity index (χ0) is 12.7. The molecule has 0 bridgehead atoms. The van der Waals surface area contributed by atoms with Crippen LogP contribution in [-0.4, -0.2) is 30.7 Å². The maximum Gasteiger partial charge on any atom is 0.315 e. The van der Waals surface area contributed by atoms with E-state index < -0.39 is 4.77 Å². The van der Waals surface area contributed by atoms with E-state index in [4.69, 9.17) is 9.47 Å². The second kappa shape index (κ2) is 7.34. The Hall–Kier alpha value is -1.01. The fourth-order valence-corrected chi connectivity index (χ4v) is 1.92. The Kier molecular flexibility index (Phi) is 6.07. The first-order chi connectivity index (χ1) is 8.15. The number of rotatable bonds is 6. The van der Waals surface area contributed by atoms with Crippen LogP contribution in [0.4, 0.5) is 0 Å². The third-order valence-electron chi connectivity index (χ3n) is 1.87. The first kappa shape index (κ1) is 14.1. The first-order valence-electron chi connectivity index (χ1n) is 4.83. The van der Waals surface area contributed by atoms with Gasteiger partial charge in [0.25, 0.3) is 0 Å². The maximum absolute atomic E-state index is 10.9. The monoisotopic (exact) mass is 274 g/mol. The van der Waals surface area contributed by atoms with E-state index in [1.807, 2.05) is 0 Å². The zero-order valence-corrected chi connectivity index (χ0v) is 11.3. The van der Waals surface area contributed by atoms with Gasteiger partial charge in [-0.05, 0) is 24.3 Å². The standard InChI is InChI=1S/C11H14O4S2/c1-13-8-3-5-9(6-4-8)15-11(16)17-7-10(12)14-2/h3-6,11,16H,7H2,1-2H3. The Morgan fingerprint density at radius 2 is 1.88 bits per heavy atom. The van der Waals surface area contributed by atoms with Gasteiger partial charge in [0.15, 0.2) is 4.77 Å². The van der Waals surface area contributed by atoms with Crippen molar-refractivity contribution in [2.75, 3.05) is 20.0 Å². The molecule has 1 rings (SSSR count). The first-order valence-corrected chi connectivity index (χ1v) is 6.39. The van der Waals surface area contributed by atoms with Crippen molar-refractivity contribution in [1.82, 2.24) is 0 Å². The third kappa shape index (κ3) is 5.23. The Morgan fingerprint density at radius 1 is 1.29 bits per heavy atom. The number of methoxy groups -OCH3 is 2. The highest BCUT2D eigenvalue weighted by Gasteiger charge is 2.09. The summed E-state index contributed by atoms with van der Waals surface area (Å²) in [5.41, 5.74) is 0. The van der Waals surface area contributed by atoms with Crippen molar-refractivity contribution >= 4 is 30.4 Å². The number of thioether (sulfide) groups is 1. The normalized spacial score (nSPS) is 11.7. The van der Waals surface area contributed by atoms with E-state index in [1.54, 1.807) is 31.4 Å². The molecule has 0 fully saturated rings. The minimum absolute atomic E-state index is 0.209. The van der Waals surface area contributed by atoms with E-state index in [1.165, 1.54) is 18.9 Å². The van der Waals surface area contributed by atoms with Gasteiger partial charge in [-0.2, -0.15) is 0 Å². The Balaban J connectivity index is 2.39. The summed E-state index contributed by atoms with van der Waals surface area (Å²) in [6, 6.07) is 7.14. The predicted octanol–water partition coefficient (Wildman–Crippen LogP) is 2.19. The van der Waals surface area contributed by atoms with Crippen molar-refractivity contribution in [3.05, 3.63) is 24.3 Å². The Morgan fingerprint density at radius 3 is 2.41 bits per heavy atom. The molecular formula is C11H14O4S2. The van der Waals surface area contributed by atoms with Gasteiger partial charge >= 0.3 is 5.97 Å². The number of carbonyl (C=O) groups excluding carboxylic acids is 1. The molecule has 1 unspecified atom stereocenters. The van der Waals surface area contributed by atoms with Crippen LogP contribution in [0.5, 0.6) is 11.5 Å². The van der Waals surface area contributed by atoms with Crippen molar-refractivity contribution in [2.45, 2.75) is 4.77 Å². The summed E-state index contributed by atoms with van der Waals surface area (Å²) in [5.74, 6) is 1.34. The van der Waals surface area contributed by atoms with E-state index in [2.05, 4.69) is 17.4 Å². The maximum atomic E-state index is 10.9. The summed E-state index contributed by atoms with van der Waals surface area (Å²) in [7, 11) is 2.95. The molecule has 0 heterocycles. The highest BCUT2D eigenvalue weighted by Crippen LogP contribution is 2.23. The van der Waals surface area contributed by atoms with Crippen LogP contribution in [0.1, 0.15) is 0 Å². The Labute approximate surface area is 110 Å². The van der Waals surface area contributed by atoms with Crippen molar-refractivity contribution in [3.8, 4) is 11.5 Å². The molecule has 0 aliphatic heterocycles. The second-order valence-corrected chi connectivity index (χ2v) is 4.86. The van der Waals surface area contributed by atoms with Gasteiger partial charge < -0.3 is 14.2 Å². The van der Waals surface area contributed by atoms with Gasteiger partial charge in [0.2, 0.25) is 0 Å². The minimum atomic E-state index is -0.414. The topological polar surface area (TPSA) is 44.8 Å². The van der Waals surface area contributed by atoms with Crippen molar-refractivity contribution in [2.24, 2.45) is 0 Å². The summed E-state index contributed by atoms with van der Waals surface area (Å²) in [5, 5.41) is 0. The number of benzene rings is 1. The number of esters is 1. The molecular weight excluding hydrogens is 260 g/mol. The van der Waals surface area contributed by atoms with Crippen molar-refractivity contribution in [1.29, 1.82) is 0 Å². The van der Waals surface area contributed by atoms with Gasteiger partial charge in [-0.25, -0.2) is 0 Å². The lowest BCUT2D eigenvalue weighted by molar-refractivity contribution is -0.137. The average Bonchev–Trinajstić information content (AvgIpc) is 2.36. The van der Waals surface area contributed by atoms with Crippen LogP contribution in [0.25, 0.3) is 0 Å². The van der Waals surface area contributed by atoms with Crippen molar-refractivity contribution in [3.63, 3.8) is 0 Å². The van der Waals surface area contributed by atoms with Crippen LogP contribution in [0.15, 0.2) is 24.3 Å². The molecule has 0 aliphatic carbocycles. The molecule has 1 aromatic carbocycles. The molecule has 1 atom stereocenters. The molecule has 6 heteroatoms. The molecule has 0 aliphatic rings. The number of hydrogen-bond acceptors (Lipinski definition) is 6. The fraction of sp³-hybridized carbons (Fsp3) is 0.364. The molecule has 0 spiro atoms. The molecule has 0 saturated heterocycles. The summed E-state index contributed by atoms with van der Waals surface area (Å²) in [6.45, 7) is 0. The lowest BCUT2D eigenvalue weighted by atomic mass is 10.3. The second-order valence-electron chi connectivity index (χ2n) is 2.99.